The summed E-state index contributed by atoms with van der Waals surface area (Å²) in [4.78, 5) is 10.5. The van der Waals surface area contributed by atoms with Crippen molar-refractivity contribution in [3.05, 3.63) is 12.2 Å². The zero-order valence-corrected chi connectivity index (χ0v) is 6.12. The Hall–Kier alpha value is -1.03. The molecular weight excluding hydrogens is 146 g/mol. The maximum Gasteiger partial charge on any atom is 0.407 e. The Bertz CT molecular complexity index is 167. The Morgan fingerprint density at radius 3 is 3.09 bits per heavy atom. The molecule has 11 heavy (non-hydrogen) atoms. The molecule has 1 atom stereocenters. The lowest BCUT2D eigenvalue weighted by atomic mass is 10.2. The van der Waals surface area contributed by atoms with Crippen LogP contribution < -0.4 is 5.32 Å². The number of rotatable bonds is 3. The number of ether oxygens (including phenoxy) is 1. The van der Waals surface area contributed by atoms with E-state index in [1.54, 1.807) is 6.08 Å². The highest BCUT2D eigenvalue weighted by molar-refractivity contribution is 5.69. The van der Waals surface area contributed by atoms with Gasteiger partial charge in [-0.3, -0.25) is 0 Å². The number of hydrogen-bond donors (Lipinski definition) is 2. The van der Waals surface area contributed by atoms with Crippen LogP contribution in [0.2, 0.25) is 0 Å². The average molecular weight is 157 g/mol. The Morgan fingerprint density at radius 1 is 1.73 bits per heavy atom. The molecule has 1 amide bonds. The van der Waals surface area contributed by atoms with E-state index in [2.05, 4.69) is 10.1 Å². The normalized spacial score (nSPS) is 23.7. The Kier molecular flexibility index (Phi) is 2.92. The molecule has 1 aliphatic heterocycles. The van der Waals surface area contributed by atoms with Crippen molar-refractivity contribution >= 4 is 6.09 Å². The lowest BCUT2D eigenvalue weighted by Crippen LogP contribution is -2.25. The van der Waals surface area contributed by atoms with E-state index in [0.29, 0.717) is 13.0 Å². The number of alkyl carbamates (subject to hydrolysis) is 1. The topological polar surface area (TPSA) is 58.6 Å². The molecule has 0 spiro atoms. The van der Waals surface area contributed by atoms with Gasteiger partial charge in [0, 0.05) is 0 Å². The van der Waals surface area contributed by atoms with Gasteiger partial charge in [-0.1, -0.05) is 12.2 Å². The predicted molar refractivity (Wildman–Crippen MR) is 39.1 cm³/mol. The fourth-order valence-electron chi connectivity index (χ4n) is 0.888. The van der Waals surface area contributed by atoms with Gasteiger partial charge in [-0.25, -0.2) is 4.79 Å². The number of cyclic esters (lactones) is 1. The van der Waals surface area contributed by atoms with Crippen molar-refractivity contribution < 1.29 is 14.6 Å². The van der Waals surface area contributed by atoms with E-state index < -0.39 is 0 Å². The van der Waals surface area contributed by atoms with Crippen molar-refractivity contribution in [2.24, 2.45) is 0 Å². The van der Waals surface area contributed by atoms with Gasteiger partial charge in [0.1, 0.15) is 6.61 Å². The quantitative estimate of drug-likeness (QED) is 0.568. The highest BCUT2D eigenvalue weighted by Crippen LogP contribution is 2.02. The molecule has 4 nitrogen and oxygen atoms in total. The van der Waals surface area contributed by atoms with E-state index in [1.807, 2.05) is 6.08 Å². The van der Waals surface area contributed by atoms with Gasteiger partial charge in [-0.2, -0.15) is 0 Å². The summed E-state index contributed by atoms with van der Waals surface area (Å²) in [7, 11) is 0. The summed E-state index contributed by atoms with van der Waals surface area (Å²) in [5.41, 5.74) is 0. The van der Waals surface area contributed by atoms with E-state index in [-0.39, 0.29) is 18.7 Å². The van der Waals surface area contributed by atoms with Crippen LogP contribution in [0.1, 0.15) is 6.42 Å². The van der Waals surface area contributed by atoms with Crippen LogP contribution in [0.5, 0.6) is 0 Å². The van der Waals surface area contributed by atoms with Gasteiger partial charge in [-0.15, -0.1) is 0 Å². The largest absolute Gasteiger partial charge is 0.447 e. The summed E-state index contributed by atoms with van der Waals surface area (Å²) in [6.45, 7) is 0.468. The highest BCUT2D eigenvalue weighted by Gasteiger charge is 2.19. The third-order valence-corrected chi connectivity index (χ3v) is 1.43. The lowest BCUT2D eigenvalue weighted by Gasteiger charge is -2.00. The van der Waals surface area contributed by atoms with Crippen molar-refractivity contribution in [2.45, 2.75) is 12.5 Å². The molecule has 0 aromatic heterocycles. The number of aliphatic hydroxyl groups excluding tert-OH is 1. The summed E-state index contributed by atoms with van der Waals surface area (Å²) < 4.78 is 4.65. The van der Waals surface area contributed by atoms with E-state index in [4.69, 9.17) is 5.11 Å². The first-order chi connectivity index (χ1) is 5.33. The molecule has 2 N–H and O–H groups in total. The van der Waals surface area contributed by atoms with Crippen LogP contribution in [0.4, 0.5) is 4.79 Å². The number of hydrogen-bond acceptors (Lipinski definition) is 3. The van der Waals surface area contributed by atoms with Gasteiger partial charge in [-0.05, 0) is 6.42 Å². The van der Waals surface area contributed by atoms with Gasteiger partial charge < -0.3 is 15.2 Å². The first kappa shape index (κ1) is 8.07. The molecule has 1 unspecified atom stereocenters. The summed E-state index contributed by atoms with van der Waals surface area (Å²) >= 11 is 0. The van der Waals surface area contributed by atoms with Crippen molar-refractivity contribution in [3.8, 4) is 0 Å². The van der Waals surface area contributed by atoms with E-state index in [9.17, 15) is 4.79 Å². The second kappa shape index (κ2) is 3.98. The maximum atomic E-state index is 10.5. The molecule has 1 rings (SSSR count). The number of carbonyl (C=O) groups is 1. The zero-order chi connectivity index (χ0) is 8.10. The van der Waals surface area contributed by atoms with Crippen LogP contribution in [0.25, 0.3) is 0 Å². The highest BCUT2D eigenvalue weighted by atomic mass is 16.6. The molecule has 4 heteroatoms. The molecule has 1 fully saturated rings. The van der Waals surface area contributed by atoms with E-state index in [1.165, 1.54) is 0 Å². The second-order valence-electron chi connectivity index (χ2n) is 2.33. The van der Waals surface area contributed by atoms with Crippen molar-refractivity contribution in [1.29, 1.82) is 0 Å². The first-order valence-corrected chi connectivity index (χ1v) is 3.52. The van der Waals surface area contributed by atoms with Crippen molar-refractivity contribution in [1.82, 2.24) is 5.32 Å². The summed E-state index contributed by atoms with van der Waals surface area (Å²) in [6.07, 6.45) is 3.82. The SMILES string of the molecule is O=C1NC(C/C=C\CO)CO1. The zero-order valence-electron chi connectivity index (χ0n) is 6.12. The molecule has 1 aliphatic rings. The summed E-state index contributed by atoms with van der Waals surface area (Å²) in [5.74, 6) is 0. The van der Waals surface area contributed by atoms with Crippen LogP contribution in [0.15, 0.2) is 12.2 Å². The molecule has 0 aromatic carbocycles. The van der Waals surface area contributed by atoms with Gasteiger partial charge in [0.2, 0.25) is 0 Å². The summed E-state index contributed by atoms with van der Waals surface area (Å²) in [5, 5.41) is 11.0. The predicted octanol–water partition coefficient (Wildman–Crippen LogP) is 0.0334. The Morgan fingerprint density at radius 2 is 2.55 bits per heavy atom. The van der Waals surface area contributed by atoms with Crippen LogP contribution in [0.3, 0.4) is 0 Å². The standard InChI is InChI=1S/C7H11NO3/c9-4-2-1-3-6-5-11-7(10)8-6/h1-2,6,9H,3-5H2,(H,8,10)/b2-1-. The second-order valence-corrected chi connectivity index (χ2v) is 2.33. The van der Waals surface area contributed by atoms with Gasteiger partial charge >= 0.3 is 6.09 Å². The third kappa shape index (κ3) is 2.59. The van der Waals surface area contributed by atoms with Crippen molar-refractivity contribution in [3.63, 3.8) is 0 Å². The number of amides is 1. The Labute approximate surface area is 64.9 Å². The molecule has 0 radical (unpaired) electrons. The lowest BCUT2D eigenvalue weighted by molar-refractivity contribution is 0.177. The first-order valence-electron chi connectivity index (χ1n) is 3.52. The van der Waals surface area contributed by atoms with Gasteiger partial charge in [0.25, 0.3) is 0 Å². The minimum absolute atomic E-state index is 0.0432. The molecule has 0 aliphatic carbocycles. The molecule has 62 valence electrons. The molecule has 0 aromatic rings. The number of nitrogens with one attached hydrogen (secondary N) is 1. The molecule has 1 saturated heterocycles. The van der Waals surface area contributed by atoms with Crippen molar-refractivity contribution in [2.75, 3.05) is 13.2 Å². The monoisotopic (exact) mass is 157 g/mol. The average Bonchev–Trinajstić information content (AvgIpc) is 2.37. The smallest absolute Gasteiger partial charge is 0.407 e. The van der Waals surface area contributed by atoms with E-state index >= 15 is 0 Å². The molecule has 0 bridgehead atoms. The van der Waals surface area contributed by atoms with Crippen LogP contribution >= 0.6 is 0 Å². The number of aliphatic hydroxyl groups is 1. The molecular formula is C7H11NO3. The fourth-order valence-corrected chi connectivity index (χ4v) is 0.888. The Balaban J connectivity index is 2.18. The minimum Gasteiger partial charge on any atom is -0.447 e. The molecule has 1 heterocycles. The molecule has 0 saturated carbocycles. The van der Waals surface area contributed by atoms with Crippen LogP contribution in [-0.4, -0.2) is 30.5 Å². The minimum atomic E-state index is -0.354. The fraction of sp³-hybridized carbons (Fsp3) is 0.571. The van der Waals surface area contributed by atoms with E-state index in [0.717, 1.165) is 0 Å². The number of carbonyl (C=O) groups excluding carboxylic acids is 1. The van der Waals surface area contributed by atoms with Crippen LogP contribution in [-0.2, 0) is 4.74 Å². The third-order valence-electron chi connectivity index (χ3n) is 1.43. The van der Waals surface area contributed by atoms with Crippen LogP contribution in [0, 0.1) is 0 Å². The van der Waals surface area contributed by atoms with Gasteiger partial charge in [0.05, 0.1) is 12.6 Å². The van der Waals surface area contributed by atoms with Gasteiger partial charge in [0.15, 0.2) is 0 Å². The summed E-state index contributed by atoms with van der Waals surface area (Å²) in [6, 6.07) is 0.0744. The maximum absolute atomic E-state index is 10.5.